The highest BCUT2D eigenvalue weighted by Crippen LogP contribution is 2.31. The van der Waals surface area contributed by atoms with Gasteiger partial charge in [0.25, 0.3) is 5.56 Å². The second-order valence-corrected chi connectivity index (χ2v) is 8.58. The molecule has 0 fully saturated rings. The number of H-pyrrole nitrogens is 1. The molecule has 0 saturated heterocycles. The van der Waals surface area contributed by atoms with Crippen molar-refractivity contribution in [1.29, 1.82) is 0 Å². The van der Waals surface area contributed by atoms with Crippen LogP contribution in [0.15, 0.2) is 84.2 Å². The minimum absolute atomic E-state index is 0.221. The summed E-state index contributed by atoms with van der Waals surface area (Å²) in [5.41, 5.74) is 2.37. The Bertz CT molecular complexity index is 1790. The Morgan fingerprint density at radius 1 is 1.00 bits per heavy atom. The van der Waals surface area contributed by atoms with Gasteiger partial charge in [-0.25, -0.2) is 9.67 Å². The summed E-state index contributed by atoms with van der Waals surface area (Å²) in [6.45, 7) is 0.828. The summed E-state index contributed by atoms with van der Waals surface area (Å²) < 4.78 is 15.1. The second kappa shape index (κ2) is 8.48. The number of anilines is 1. The van der Waals surface area contributed by atoms with Crippen LogP contribution in [0.5, 0.6) is 11.5 Å². The van der Waals surface area contributed by atoms with Gasteiger partial charge < -0.3 is 14.8 Å². The van der Waals surface area contributed by atoms with Gasteiger partial charge in [-0.1, -0.05) is 12.1 Å². The number of rotatable bonds is 5. The summed E-state index contributed by atoms with van der Waals surface area (Å²) in [5.74, 6) is 1.80. The first-order valence-electron chi connectivity index (χ1n) is 11.7. The van der Waals surface area contributed by atoms with Gasteiger partial charge in [-0.05, 0) is 42.5 Å². The standard InChI is InChI=1S/C26H20N8O3/c35-25-20-14-29-32-23(20)19-13-28-26(27-12-18-15-36-21-4-1-2-5-22(21)37-18)31-24(19)34(25)17-8-6-16(7-9-17)33-11-3-10-30-33/h1-11,13-14,18H,12,15H2,(H,29,32)(H,27,28,31)/t18-/m0/s1. The minimum atomic E-state index is -0.228. The number of fused-ring (bicyclic) bond motifs is 4. The van der Waals surface area contributed by atoms with Crippen molar-refractivity contribution in [2.45, 2.75) is 6.10 Å². The van der Waals surface area contributed by atoms with Crippen LogP contribution < -0.4 is 20.3 Å². The molecule has 1 aliphatic heterocycles. The predicted octanol–water partition coefficient (Wildman–Crippen LogP) is 3.09. The van der Waals surface area contributed by atoms with Gasteiger partial charge in [0.05, 0.1) is 40.4 Å². The Morgan fingerprint density at radius 2 is 1.84 bits per heavy atom. The third-order valence-corrected chi connectivity index (χ3v) is 6.25. The number of ether oxygens (including phenoxy) is 2. The summed E-state index contributed by atoms with van der Waals surface area (Å²) in [5, 5.41) is 15.6. The van der Waals surface area contributed by atoms with E-state index in [0.717, 1.165) is 11.4 Å². The fraction of sp³-hybridized carbons (Fsp3) is 0.115. The van der Waals surface area contributed by atoms with Crippen LogP contribution in [0.3, 0.4) is 0 Å². The Balaban J connectivity index is 1.25. The molecule has 11 nitrogen and oxygen atoms in total. The summed E-state index contributed by atoms with van der Waals surface area (Å²) in [6.07, 6.45) is 6.57. The molecule has 2 aromatic carbocycles. The number of benzene rings is 2. The fourth-order valence-electron chi connectivity index (χ4n) is 4.46. The largest absolute Gasteiger partial charge is 0.486 e. The molecule has 7 rings (SSSR count). The van der Waals surface area contributed by atoms with Gasteiger partial charge in [0.2, 0.25) is 5.95 Å². The predicted molar refractivity (Wildman–Crippen MR) is 137 cm³/mol. The molecule has 0 amide bonds. The number of nitrogens with zero attached hydrogens (tertiary/aromatic N) is 6. The molecule has 6 aromatic rings. The van der Waals surface area contributed by atoms with Crippen LogP contribution in [0.2, 0.25) is 0 Å². The molecule has 0 aliphatic carbocycles. The number of hydrogen-bond donors (Lipinski definition) is 2. The van der Waals surface area contributed by atoms with Crippen molar-refractivity contribution < 1.29 is 9.47 Å². The molecule has 5 heterocycles. The second-order valence-electron chi connectivity index (χ2n) is 8.58. The lowest BCUT2D eigenvalue weighted by Crippen LogP contribution is -2.35. The Kier molecular flexibility index (Phi) is 4.84. The summed E-state index contributed by atoms with van der Waals surface area (Å²) >= 11 is 0. The van der Waals surface area contributed by atoms with Crippen molar-refractivity contribution in [3.63, 3.8) is 0 Å². The Labute approximate surface area is 209 Å². The van der Waals surface area contributed by atoms with Crippen molar-refractivity contribution in [3.05, 3.63) is 89.7 Å². The van der Waals surface area contributed by atoms with E-state index in [9.17, 15) is 4.79 Å². The zero-order valence-corrected chi connectivity index (χ0v) is 19.4. The molecule has 0 saturated carbocycles. The van der Waals surface area contributed by atoms with E-state index >= 15 is 0 Å². The number of aromatic amines is 1. The zero-order valence-electron chi connectivity index (χ0n) is 19.4. The van der Waals surface area contributed by atoms with E-state index in [1.165, 1.54) is 6.20 Å². The van der Waals surface area contributed by atoms with Crippen LogP contribution in [-0.2, 0) is 0 Å². The van der Waals surface area contributed by atoms with Gasteiger partial charge in [-0.15, -0.1) is 0 Å². The normalized spacial score (nSPS) is 14.8. The lowest BCUT2D eigenvalue weighted by molar-refractivity contribution is 0.0996. The number of pyridine rings is 1. The maximum absolute atomic E-state index is 13.5. The lowest BCUT2D eigenvalue weighted by atomic mass is 10.2. The highest BCUT2D eigenvalue weighted by molar-refractivity contribution is 6.02. The molecule has 0 unspecified atom stereocenters. The van der Waals surface area contributed by atoms with Gasteiger partial charge in [0.15, 0.2) is 17.1 Å². The Morgan fingerprint density at radius 3 is 2.68 bits per heavy atom. The van der Waals surface area contributed by atoms with Gasteiger partial charge in [-0.3, -0.25) is 14.5 Å². The average molecular weight is 492 g/mol. The first kappa shape index (κ1) is 21.1. The molecule has 182 valence electrons. The molecule has 1 atom stereocenters. The molecule has 2 N–H and O–H groups in total. The van der Waals surface area contributed by atoms with Crippen molar-refractivity contribution in [2.24, 2.45) is 0 Å². The maximum atomic E-state index is 13.5. The quantitative estimate of drug-likeness (QED) is 0.376. The van der Waals surface area contributed by atoms with Crippen molar-refractivity contribution in [3.8, 4) is 22.9 Å². The first-order valence-corrected chi connectivity index (χ1v) is 11.7. The molecule has 1 aliphatic rings. The van der Waals surface area contributed by atoms with Crippen molar-refractivity contribution >= 4 is 27.9 Å². The van der Waals surface area contributed by atoms with Gasteiger partial charge in [0.1, 0.15) is 12.7 Å². The SMILES string of the molecule is O=c1c2cn[nH]c2c2cnc(NC[C@H]3COc4ccccc4O3)nc2n1-c1ccc(-n2cccn2)cc1. The van der Waals surface area contributed by atoms with Crippen LogP contribution in [0, 0.1) is 0 Å². The Hall–Kier alpha value is -5.19. The van der Waals surface area contributed by atoms with E-state index in [0.29, 0.717) is 52.5 Å². The van der Waals surface area contributed by atoms with Crippen LogP contribution in [-0.4, -0.2) is 53.8 Å². The summed E-state index contributed by atoms with van der Waals surface area (Å²) in [4.78, 5) is 22.7. The minimum Gasteiger partial charge on any atom is -0.486 e. The molecule has 37 heavy (non-hydrogen) atoms. The summed E-state index contributed by atoms with van der Waals surface area (Å²) in [6, 6.07) is 17.0. The molecule has 4 aromatic heterocycles. The molecule has 0 spiro atoms. The van der Waals surface area contributed by atoms with E-state index in [-0.39, 0.29) is 11.7 Å². The van der Waals surface area contributed by atoms with Crippen molar-refractivity contribution in [1.82, 2.24) is 34.5 Å². The summed E-state index contributed by atoms with van der Waals surface area (Å²) in [7, 11) is 0. The van der Waals surface area contributed by atoms with Crippen LogP contribution >= 0.6 is 0 Å². The van der Waals surface area contributed by atoms with E-state index in [4.69, 9.17) is 14.5 Å². The third-order valence-electron chi connectivity index (χ3n) is 6.25. The van der Waals surface area contributed by atoms with Crippen LogP contribution in [0.4, 0.5) is 5.95 Å². The zero-order chi connectivity index (χ0) is 24.8. The third kappa shape index (κ3) is 3.64. The van der Waals surface area contributed by atoms with Crippen LogP contribution in [0.25, 0.3) is 33.3 Å². The molecule has 0 bridgehead atoms. The smallest absolute Gasteiger partial charge is 0.267 e. The number of hydrogen-bond acceptors (Lipinski definition) is 8. The van der Waals surface area contributed by atoms with E-state index in [2.05, 4.69) is 25.6 Å². The fourth-order valence-corrected chi connectivity index (χ4v) is 4.46. The maximum Gasteiger partial charge on any atom is 0.267 e. The molecule has 11 heteroatoms. The van der Waals surface area contributed by atoms with Gasteiger partial charge in [0, 0.05) is 18.6 Å². The number of aromatic nitrogens is 7. The monoisotopic (exact) mass is 492 g/mol. The molecule has 0 radical (unpaired) electrons. The lowest BCUT2D eigenvalue weighted by Gasteiger charge is -2.26. The van der Waals surface area contributed by atoms with Gasteiger partial charge >= 0.3 is 0 Å². The van der Waals surface area contributed by atoms with Gasteiger partial charge in [-0.2, -0.15) is 15.2 Å². The van der Waals surface area contributed by atoms with Crippen LogP contribution in [0.1, 0.15) is 0 Å². The first-order chi connectivity index (χ1) is 18.2. The van der Waals surface area contributed by atoms with E-state index in [1.54, 1.807) is 21.6 Å². The van der Waals surface area contributed by atoms with E-state index < -0.39 is 0 Å². The highest BCUT2D eigenvalue weighted by Gasteiger charge is 2.21. The number of nitrogens with one attached hydrogen (secondary N) is 2. The molecular formula is C26H20N8O3. The molecular weight excluding hydrogens is 472 g/mol. The average Bonchev–Trinajstić information content (AvgIpc) is 3.66. The highest BCUT2D eigenvalue weighted by atomic mass is 16.6. The van der Waals surface area contributed by atoms with E-state index in [1.807, 2.05) is 60.8 Å². The van der Waals surface area contributed by atoms with Crippen molar-refractivity contribution in [2.75, 3.05) is 18.5 Å². The number of para-hydroxylation sites is 2. The topological polar surface area (TPSA) is 125 Å².